The van der Waals surface area contributed by atoms with Crippen LogP contribution in [0.4, 0.5) is 5.69 Å². The van der Waals surface area contributed by atoms with Gasteiger partial charge in [0.2, 0.25) is 5.91 Å². The number of anilines is 1. The van der Waals surface area contributed by atoms with Gasteiger partial charge in [-0.3, -0.25) is 4.79 Å². The SMILES string of the molecule is CC1CCC(C(=O)N(c2cc(-c3ccc(C#Cc4nccs4)cc3)sc2C(=O)O)C(C)C)CC1. The van der Waals surface area contributed by atoms with Crippen molar-refractivity contribution >= 4 is 40.2 Å². The van der Waals surface area contributed by atoms with Gasteiger partial charge in [-0.2, -0.15) is 0 Å². The van der Waals surface area contributed by atoms with Crippen molar-refractivity contribution in [3.05, 3.63) is 57.4 Å². The first kappa shape index (κ1) is 24.2. The number of aromatic nitrogens is 1. The molecule has 0 radical (unpaired) electrons. The fourth-order valence-corrected chi connectivity index (χ4v) is 5.82. The molecule has 1 aromatic carbocycles. The van der Waals surface area contributed by atoms with Gasteiger partial charge in [0.25, 0.3) is 0 Å². The van der Waals surface area contributed by atoms with Crippen molar-refractivity contribution in [2.24, 2.45) is 11.8 Å². The number of carbonyl (C=O) groups is 2. The van der Waals surface area contributed by atoms with E-state index in [9.17, 15) is 14.7 Å². The van der Waals surface area contributed by atoms with Gasteiger partial charge < -0.3 is 10.0 Å². The molecule has 0 bridgehead atoms. The van der Waals surface area contributed by atoms with Crippen LogP contribution in [-0.2, 0) is 4.79 Å². The van der Waals surface area contributed by atoms with E-state index in [2.05, 4.69) is 23.7 Å². The van der Waals surface area contributed by atoms with Crippen molar-refractivity contribution in [3.63, 3.8) is 0 Å². The topological polar surface area (TPSA) is 70.5 Å². The molecule has 1 aliphatic rings. The highest BCUT2D eigenvalue weighted by Gasteiger charge is 2.33. The van der Waals surface area contributed by atoms with Crippen LogP contribution in [-0.4, -0.2) is 28.0 Å². The summed E-state index contributed by atoms with van der Waals surface area (Å²) in [6.07, 6.45) is 5.55. The summed E-state index contributed by atoms with van der Waals surface area (Å²) in [4.78, 5) is 32.5. The summed E-state index contributed by atoms with van der Waals surface area (Å²) in [5.74, 6) is 5.78. The first-order chi connectivity index (χ1) is 16.3. The average molecular weight is 493 g/mol. The molecule has 1 fully saturated rings. The highest BCUT2D eigenvalue weighted by atomic mass is 32.1. The van der Waals surface area contributed by atoms with Gasteiger partial charge in [0, 0.05) is 34.0 Å². The van der Waals surface area contributed by atoms with Crippen molar-refractivity contribution in [3.8, 4) is 22.3 Å². The fourth-order valence-electron chi connectivity index (χ4n) is 4.34. The molecular formula is C27H28N2O3S2. The number of aromatic carboxylic acids is 1. The Morgan fingerprint density at radius 3 is 2.41 bits per heavy atom. The minimum atomic E-state index is -1.01. The number of nitrogens with zero attached hydrogens (tertiary/aromatic N) is 2. The van der Waals surface area contributed by atoms with Crippen molar-refractivity contribution < 1.29 is 14.7 Å². The molecule has 0 saturated heterocycles. The van der Waals surface area contributed by atoms with Gasteiger partial charge in [-0.1, -0.05) is 25.0 Å². The molecule has 1 N–H and O–H groups in total. The maximum absolute atomic E-state index is 13.5. The van der Waals surface area contributed by atoms with Crippen molar-refractivity contribution in [2.45, 2.75) is 52.5 Å². The minimum Gasteiger partial charge on any atom is -0.477 e. The lowest BCUT2D eigenvalue weighted by atomic mass is 9.82. The van der Waals surface area contributed by atoms with Gasteiger partial charge in [0.1, 0.15) is 4.88 Å². The van der Waals surface area contributed by atoms with E-state index >= 15 is 0 Å². The number of thiazole rings is 1. The normalized spacial score (nSPS) is 17.8. The van der Waals surface area contributed by atoms with Crippen LogP contribution in [0.3, 0.4) is 0 Å². The highest BCUT2D eigenvalue weighted by Crippen LogP contribution is 2.40. The Balaban J connectivity index is 1.62. The number of benzene rings is 1. The molecule has 0 atom stereocenters. The second-order valence-corrected chi connectivity index (χ2v) is 11.0. The second-order valence-electron chi connectivity index (χ2n) is 9.05. The summed E-state index contributed by atoms with van der Waals surface area (Å²) in [5.41, 5.74) is 2.26. The summed E-state index contributed by atoms with van der Waals surface area (Å²) in [5, 5.41) is 12.6. The molecule has 1 saturated carbocycles. The predicted molar refractivity (Wildman–Crippen MR) is 139 cm³/mol. The molecule has 0 unspecified atom stereocenters. The summed E-state index contributed by atoms with van der Waals surface area (Å²) in [7, 11) is 0. The molecule has 2 aromatic heterocycles. The van der Waals surface area contributed by atoms with E-state index in [1.165, 1.54) is 22.7 Å². The van der Waals surface area contributed by atoms with E-state index in [1.807, 2.05) is 49.6 Å². The zero-order valence-corrected chi connectivity index (χ0v) is 21.2. The molecule has 1 aliphatic carbocycles. The Bertz CT molecular complexity index is 1210. The highest BCUT2D eigenvalue weighted by molar-refractivity contribution is 7.18. The molecule has 4 rings (SSSR count). The van der Waals surface area contributed by atoms with Crippen molar-refractivity contribution in [1.29, 1.82) is 0 Å². The van der Waals surface area contributed by atoms with Gasteiger partial charge in [0.05, 0.1) is 5.69 Å². The minimum absolute atomic E-state index is 0.0423. The number of amides is 1. The standard InChI is InChI=1S/C27H28N2O3S2/c1-17(2)29(26(30)21-9-4-18(3)5-10-21)22-16-23(34-25(22)27(31)32)20-11-6-19(7-12-20)8-13-24-28-14-15-33-24/h6-7,11-12,14-18,21H,4-5,9-10H2,1-3H3,(H,31,32). The Labute approximate surface area is 208 Å². The summed E-state index contributed by atoms with van der Waals surface area (Å²) in [6, 6.07) is 9.45. The summed E-state index contributed by atoms with van der Waals surface area (Å²) >= 11 is 2.71. The number of thiophene rings is 1. The number of carbonyl (C=O) groups excluding carboxylic acids is 1. The predicted octanol–water partition coefficient (Wildman–Crippen LogP) is 6.54. The third-order valence-electron chi connectivity index (χ3n) is 6.20. The van der Waals surface area contributed by atoms with Crippen LogP contribution in [0.2, 0.25) is 0 Å². The molecule has 5 nitrogen and oxygen atoms in total. The molecule has 176 valence electrons. The smallest absolute Gasteiger partial charge is 0.348 e. The lowest BCUT2D eigenvalue weighted by Crippen LogP contribution is -2.42. The molecule has 7 heteroatoms. The number of hydrogen-bond donors (Lipinski definition) is 1. The Morgan fingerprint density at radius 2 is 1.82 bits per heavy atom. The third kappa shape index (κ3) is 5.40. The van der Waals surface area contributed by atoms with Crippen LogP contribution in [0.15, 0.2) is 41.9 Å². The molecule has 3 aromatic rings. The third-order valence-corrected chi connectivity index (χ3v) is 8.05. The van der Waals surface area contributed by atoms with Gasteiger partial charge in [-0.25, -0.2) is 9.78 Å². The van der Waals surface area contributed by atoms with Crippen LogP contribution in [0.25, 0.3) is 10.4 Å². The fraction of sp³-hybridized carbons (Fsp3) is 0.370. The van der Waals surface area contributed by atoms with E-state index in [-0.39, 0.29) is 22.7 Å². The van der Waals surface area contributed by atoms with Crippen molar-refractivity contribution in [2.75, 3.05) is 4.90 Å². The van der Waals surface area contributed by atoms with E-state index in [4.69, 9.17) is 0 Å². The van der Waals surface area contributed by atoms with Crippen LogP contribution >= 0.6 is 22.7 Å². The second kappa shape index (κ2) is 10.5. The molecule has 2 heterocycles. The van der Waals surface area contributed by atoms with E-state index in [1.54, 1.807) is 11.1 Å². The van der Waals surface area contributed by atoms with Crippen molar-refractivity contribution in [1.82, 2.24) is 4.98 Å². The summed E-state index contributed by atoms with van der Waals surface area (Å²) < 4.78 is 0. The van der Waals surface area contributed by atoms with Crippen LogP contribution in [0.5, 0.6) is 0 Å². The molecule has 0 aliphatic heterocycles. The lowest BCUT2D eigenvalue weighted by Gasteiger charge is -2.33. The van der Waals surface area contributed by atoms with Gasteiger partial charge >= 0.3 is 5.97 Å². The van der Waals surface area contributed by atoms with Gasteiger partial charge in [0.15, 0.2) is 5.01 Å². The lowest BCUT2D eigenvalue weighted by molar-refractivity contribution is -0.123. The average Bonchev–Trinajstić information content (AvgIpc) is 3.49. The largest absolute Gasteiger partial charge is 0.477 e. The van der Waals surface area contributed by atoms with Crippen LogP contribution < -0.4 is 4.90 Å². The monoisotopic (exact) mass is 492 g/mol. The van der Waals surface area contributed by atoms with Gasteiger partial charge in [-0.15, -0.1) is 22.7 Å². The Kier molecular flexibility index (Phi) is 7.50. The zero-order chi connectivity index (χ0) is 24.2. The number of hydrogen-bond acceptors (Lipinski definition) is 5. The van der Waals surface area contributed by atoms with E-state index in [0.29, 0.717) is 11.6 Å². The van der Waals surface area contributed by atoms with E-state index < -0.39 is 5.97 Å². The maximum Gasteiger partial charge on any atom is 0.348 e. The number of carboxylic acids is 1. The van der Waals surface area contributed by atoms with Crippen LogP contribution in [0, 0.1) is 23.7 Å². The molecule has 1 amide bonds. The Morgan fingerprint density at radius 1 is 1.12 bits per heavy atom. The maximum atomic E-state index is 13.5. The Hall–Kier alpha value is -2.95. The first-order valence-corrected chi connectivity index (χ1v) is 13.2. The quantitative estimate of drug-likeness (QED) is 0.411. The number of carboxylic acid groups (broad SMARTS) is 1. The van der Waals surface area contributed by atoms with Gasteiger partial charge in [-0.05, 0) is 75.1 Å². The van der Waals surface area contributed by atoms with E-state index in [0.717, 1.165) is 46.7 Å². The molecule has 34 heavy (non-hydrogen) atoms. The molecular weight excluding hydrogens is 464 g/mol. The zero-order valence-electron chi connectivity index (χ0n) is 19.6. The number of rotatable bonds is 5. The first-order valence-electron chi connectivity index (χ1n) is 11.6. The van der Waals surface area contributed by atoms with Crippen LogP contribution in [0.1, 0.15) is 66.7 Å². The summed E-state index contributed by atoms with van der Waals surface area (Å²) in [6.45, 7) is 6.12. The molecule has 0 spiro atoms.